The molecule has 0 amide bonds. The molecule has 0 spiro atoms. The Morgan fingerprint density at radius 2 is 1.52 bits per heavy atom. The molecule has 2 heteroatoms. The number of hydrogen-bond donors (Lipinski definition) is 0. The van der Waals surface area contributed by atoms with Gasteiger partial charge in [-0.05, 0) is 24.5 Å². The van der Waals surface area contributed by atoms with Crippen molar-refractivity contribution in [3.63, 3.8) is 0 Å². The second-order valence-corrected chi connectivity index (χ2v) is 6.05. The van der Waals surface area contributed by atoms with Gasteiger partial charge in [-0.3, -0.25) is 0 Å². The van der Waals surface area contributed by atoms with Gasteiger partial charge in [-0.2, -0.15) is 0 Å². The molecular weight excluding hydrogens is 324 g/mol. The molecule has 0 aliphatic heterocycles. The fourth-order valence-corrected chi connectivity index (χ4v) is 3.32. The van der Waals surface area contributed by atoms with Crippen LogP contribution < -0.4 is 4.74 Å². The molecule has 0 unspecified atom stereocenters. The summed E-state index contributed by atoms with van der Waals surface area (Å²) in [4.78, 5) is 0. The Hall–Kier alpha value is -1.28. The van der Waals surface area contributed by atoms with Crippen LogP contribution in [0.25, 0.3) is 11.1 Å². The number of benzene rings is 2. The molecule has 0 saturated carbocycles. The molecule has 0 aliphatic rings. The summed E-state index contributed by atoms with van der Waals surface area (Å²) in [7, 11) is 0. The maximum atomic E-state index is 6.20. The van der Waals surface area contributed by atoms with Gasteiger partial charge in [-0.1, -0.05) is 78.3 Å². The highest BCUT2D eigenvalue weighted by Gasteiger charge is 2.26. The molecule has 112 valence electrons. The summed E-state index contributed by atoms with van der Waals surface area (Å²) >= 11 is 3.65. The van der Waals surface area contributed by atoms with E-state index in [9.17, 15) is 0 Å². The number of halogens is 1. The van der Waals surface area contributed by atoms with E-state index in [1.807, 2.05) is 12.1 Å². The van der Waals surface area contributed by atoms with Gasteiger partial charge in [0.1, 0.15) is 5.75 Å². The molecule has 0 aromatic heterocycles. The first-order chi connectivity index (χ1) is 10.2. The Balaban J connectivity index is 2.22. The van der Waals surface area contributed by atoms with Crippen LogP contribution in [-0.4, -0.2) is 11.9 Å². The minimum atomic E-state index is 0.212. The summed E-state index contributed by atoms with van der Waals surface area (Å²) in [5.74, 6) is 0.968. The summed E-state index contributed by atoms with van der Waals surface area (Å²) in [5, 5.41) is 0.973. The number of rotatable bonds is 7. The number of hydrogen-bond acceptors (Lipinski definition) is 1. The standard InChI is InChI=1S/C19H23BrO/c1-3-19(4-2,14-20)15-21-18-13-9-8-12-17(18)16-10-6-5-7-11-16/h5-13H,3-4,14-15H2,1-2H3. The van der Waals surface area contributed by atoms with Gasteiger partial charge in [0.2, 0.25) is 0 Å². The van der Waals surface area contributed by atoms with E-state index in [0.717, 1.165) is 36.1 Å². The van der Waals surface area contributed by atoms with E-state index in [2.05, 4.69) is 72.2 Å². The Labute approximate surface area is 136 Å². The van der Waals surface area contributed by atoms with E-state index in [1.54, 1.807) is 0 Å². The first-order valence-electron chi connectivity index (χ1n) is 7.58. The van der Waals surface area contributed by atoms with Crippen molar-refractivity contribution in [2.45, 2.75) is 26.7 Å². The molecular formula is C19H23BrO. The number of para-hydroxylation sites is 1. The van der Waals surface area contributed by atoms with Crippen molar-refractivity contribution in [2.75, 3.05) is 11.9 Å². The van der Waals surface area contributed by atoms with Gasteiger partial charge in [-0.15, -0.1) is 0 Å². The van der Waals surface area contributed by atoms with Crippen LogP contribution in [0.15, 0.2) is 54.6 Å². The fraction of sp³-hybridized carbons (Fsp3) is 0.368. The molecule has 0 aliphatic carbocycles. The van der Waals surface area contributed by atoms with Crippen molar-refractivity contribution in [1.82, 2.24) is 0 Å². The normalized spacial score (nSPS) is 11.4. The highest BCUT2D eigenvalue weighted by atomic mass is 79.9. The van der Waals surface area contributed by atoms with Crippen LogP contribution in [0.1, 0.15) is 26.7 Å². The van der Waals surface area contributed by atoms with E-state index in [4.69, 9.17) is 4.74 Å². The Kier molecular flexibility index (Phi) is 5.86. The summed E-state index contributed by atoms with van der Waals surface area (Å²) in [6.07, 6.45) is 2.23. The minimum absolute atomic E-state index is 0.212. The summed E-state index contributed by atoms with van der Waals surface area (Å²) < 4.78 is 6.20. The molecule has 0 N–H and O–H groups in total. The molecule has 2 aromatic carbocycles. The first-order valence-corrected chi connectivity index (χ1v) is 8.70. The zero-order valence-electron chi connectivity index (χ0n) is 12.8. The van der Waals surface area contributed by atoms with E-state index in [0.29, 0.717) is 0 Å². The lowest BCUT2D eigenvalue weighted by Crippen LogP contribution is -2.29. The Bertz CT molecular complexity index is 538. The molecule has 1 nitrogen and oxygen atoms in total. The highest BCUT2D eigenvalue weighted by Crippen LogP contribution is 2.33. The topological polar surface area (TPSA) is 9.23 Å². The van der Waals surface area contributed by atoms with Crippen molar-refractivity contribution in [3.05, 3.63) is 54.6 Å². The predicted octanol–water partition coefficient (Wildman–Crippen LogP) is 5.93. The lowest BCUT2D eigenvalue weighted by Gasteiger charge is -2.29. The molecule has 0 bridgehead atoms. The van der Waals surface area contributed by atoms with E-state index < -0.39 is 0 Å². The van der Waals surface area contributed by atoms with Crippen LogP contribution in [0.4, 0.5) is 0 Å². The molecule has 2 rings (SSSR count). The third-order valence-electron chi connectivity index (χ3n) is 4.29. The highest BCUT2D eigenvalue weighted by molar-refractivity contribution is 9.09. The van der Waals surface area contributed by atoms with E-state index in [-0.39, 0.29) is 5.41 Å². The van der Waals surface area contributed by atoms with Crippen molar-refractivity contribution in [3.8, 4) is 16.9 Å². The molecule has 0 atom stereocenters. The molecule has 2 aromatic rings. The van der Waals surface area contributed by atoms with E-state index in [1.165, 1.54) is 5.56 Å². The number of ether oxygens (including phenoxy) is 1. The summed E-state index contributed by atoms with van der Waals surface area (Å²) in [5.41, 5.74) is 2.57. The maximum absolute atomic E-state index is 6.20. The van der Waals surface area contributed by atoms with Gasteiger partial charge in [-0.25, -0.2) is 0 Å². The Morgan fingerprint density at radius 3 is 2.14 bits per heavy atom. The van der Waals surface area contributed by atoms with Gasteiger partial charge >= 0.3 is 0 Å². The average molecular weight is 347 g/mol. The van der Waals surface area contributed by atoms with Crippen molar-refractivity contribution >= 4 is 15.9 Å². The first kappa shape index (κ1) is 16.1. The van der Waals surface area contributed by atoms with Crippen molar-refractivity contribution < 1.29 is 4.74 Å². The van der Waals surface area contributed by atoms with Gasteiger partial charge in [0.25, 0.3) is 0 Å². The quantitative estimate of drug-likeness (QED) is 0.564. The summed E-state index contributed by atoms with van der Waals surface area (Å²) in [6, 6.07) is 18.7. The predicted molar refractivity (Wildman–Crippen MR) is 94.2 cm³/mol. The second kappa shape index (κ2) is 7.65. The lowest BCUT2D eigenvalue weighted by molar-refractivity contribution is 0.158. The SMILES string of the molecule is CCC(CC)(CBr)COc1ccccc1-c1ccccc1. The van der Waals surface area contributed by atoms with Crippen LogP contribution in [0.3, 0.4) is 0 Å². The van der Waals surface area contributed by atoms with Crippen LogP contribution >= 0.6 is 15.9 Å². The van der Waals surface area contributed by atoms with Crippen molar-refractivity contribution in [2.24, 2.45) is 5.41 Å². The minimum Gasteiger partial charge on any atom is -0.492 e. The van der Waals surface area contributed by atoms with Crippen LogP contribution in [0.2, 0.25) is 0 Å². The third-order valence-corrected chi connectivity index (χ3v) is 5.48. The smallest absolute Gasteiger partial charge is 0.127 e. The molecule has 0 saturated heterocycles. The third kappa shape index (κ3) is 3.88. The Morgan fingerprint density at radius 1 is 0.905 bits per heavy atom. The molecule has 0 fully saturated rings. The monoisotopic (exact) mass is 346 g/mol. The molecule has 0 heterocycles. The fourth-order valence-electron chi connectivity index (χ4n) is 2.36. The van der Waals surface area contributed by atoms with Gasteiger partial charge in [0.15, 0.2) is 0 Å². The van der Waals surface area contributed by atoms with E-state index >= 15 is 0 Å². The number of alkyl halides is 1. The van der Waals surface area contributed by atoms with Gasteiger partial charge in [0.05, 0.1) is 6.61 Å². The second-order valence-electron chi connectivity index (χ2n) is 5.49. The summed E-state index contributed by atoms with van der Waals surface area (Å²) in [6.45, 7) is 5.21. The largest absolute Gasteiger partial charge is 0.492 e. The molecule has 21 heavy (non-hydrogen) atoms. The lowest BCUT2D eigenvalue weighted by atomic mass is 9.86. The average Bonchev–Trinajstić information content (AvgIpc) is 2.58. The van der Waals surface area contributed by atoms with Crippen molar-refractivity contribution in [1.29, 1.82) is 0 Å². The van der Waals surface area contributed by atoms with Crippen LogP contribution in [0.5, 0.6) is 5.75 Å². The molecule has 0 radical (unpaired) electrons. The maximum Gasteiger partial charge on any atom is 0.127 e. The zero-order chi connectivity index (χ0) is 15.1. The van der Waals surface area contributed by atoms with Crippen LogP contribution in [-0.2, 0) is 0 Å². The van der Waals surface area contributed by atoms with Gasteiger partial charge in [0, 0.05) is 16.3 Å². The van der Waals surface area contributed by atoms with Crippen LogP contribution in [0, 0.1) is 5.41 Å². The van der Waals surface area contributed by atoms with Gasteiger partial charge < -0.3 is 4.74 Å². The zero-order valence-corrected chi connectivity index (χ0v) is 14.4.